The van der Waals surface area contributed by atoms with Crippen molar-refractivity contribution in [3.8, 4) is 11.8 Å². The molecule has 0 aliphatic carbocycles. The second-order valence-electron chi connectivity index (χ2n) is 5.94. The molecule has 0 aliphatic rings. The van der Waals surface area contributed by atoms with Crippen molar-refractivity contribution in [3.05, 3.63) is 66.2 Å². The van der Waals surface area contributed by atoms with E-state index >= 15 is 0 Å². The van der Waals surface area contributed by atoms with Crippen molar-refractivity contribution in [1.82, 2.24) is 20.1 Å². The fourth-order valence-electron chi connectivity index (χ4n) is 2.42. The Morgan fingerprint density at radius 3 is 2.77 bits per heavy atom. The molecule has 2 amide bonds. The number of halogens is 1. The predicted octanol–water partition coefficient (Wildman–Crippen LogP) is 1.84. The number of carbonyl (C=O) groups is 1. The number of amides is 2. The van der Waals surface area contributed by atoms with Crippen molar-refractivity contribution >= 4 is 27.7 Å². The monoisotopic (exact) mass is 429 g/mol. The lowest BCUT2D eigenvalue weighted by atomic mass is 10.2. The highest BCUT2D eigenvalue weighted by atomic mass is 32.2. The zero-order chi connectivity index (χ0) is 21.6. The third kappa shape index (κ3) is 5.52. The molecule has 0 saturated carbocycles. The van der Waals surface area contributed by atoms with Crippen molar-refractivity contribution in [3.63, 3.8) is 0 Å². The molecule has 10 nitrogen and oxygen atoms in total. The number of benzene rings is 1. The number of hydrogen-bond acceptors (Lipinski definition) is 6. The van der Waals surface area contributed by atoms with Crippen LogP contribution in [0.2, 0.25) is 0 Å². The first-order valence-electron chi connectivity index (χ1n) is 8.58. The van der Waals surface area contributed by atoms with Crippen LogP contribution in [0, 0.1) is 17.1 Å². The second-order valence-corrected chi connectivity index (χ2v) is 7.78. The molecule has 0 bridgehead atoms. The SMILES string of the molecule is N#Cc1cc(F)ccc1-n1ccc(NC(=O)NCCS(=O)(=O)Nc2ccccn2)n1. The van der Waals surface area contributed by atoms with Crippen molar-refractivity contribution in [2.75, 3.05) is 22.3 Å². The van der Waals surface area contributed by atoms with E-state index in [1.165, 1.54) is 41.3 Å². The third-order valence-electron chi connectivity index (χ3n) is 3.74. The molecule has 12 heteroatoms. The van der Waals surface area contributed by atoms with Crippen molar-refractivity contribution in [1.29, 1.82) is 5.26 Å². The lowest BCUT2D eigenvalue weighted by Gasteiger charge is -2.08. The molecule has 0 spiro atoms. The van der Waals surface area contributed by atoms with E-state index in [2.05, 4.69) is 25.4 Å². The van der Waals surface area contributed by atoms with E-state index in [0.717, 1.165) is 6.07 Å². The van der Waals surface area contributed by atoms with E-state index in [1.807, 2.05) is 6.07 Å². The molecule has 2 heterocycles. The van der Waals surface area contributed by atoms with Gasteiger partial charge in [0, 0.05) is 25.0 Å². The summed E-state index contributed by atoms with van der Waals surface area (Å²) in [4.78, 5) is 15.8. The summed E-state index contributed by atoms with van der Waals surface area (Å²) in [7, 11) is -3.68. The predicted molar refractivity (Wildman–Crippen MR) is 107 cm³/mol. The Morgan fingerprint density at radius 2 is 2.03 bits per heavy atom. The van der Waals surface area contributed by atoms with Crippen LogP contribution in [-0.4, -0.2) is 41.5 Å². The second kappa shape index (κ2) is 9.01. The molecule has 30 heavy (non-hydrogen) atoms. The minimum Gasteiger partial charge on any atom is -0.337 e. The van der Waals surface area contributed by atoms with Crippen LogP contribution in [0.25, 0.3) is 5.69 Å². The van der Waals surface area contributed by atoms with Gasteiger partial charge in [-0.25, -0.2) is 27.3 Å². The van der Waals surface area contributed by atoms with E-state index in [0.29, 0.717) is 5.69 Å². The first-order valence-corrected chi connectivity index (χ1v) is 10.2. The zero-order valence-corrected chi connectivity index (χ0v) is 16.2. The van der Waals surface area contributed by atoms with Gasteiger partial charge in [-0.3, -0.25) is 10.0 Å². The Labute approximate surface area is 171 Å². The number of hydrogen-bond donors (Lipinski definition) is 3. The number of urea groups is 1. The molecular weight excluding hydrogens is 413 g/mol. The molecule has 0 saturated heterocycles. The summed E-state index contributed by atoms with van der Waals surface area (Å²) in [6, 6.07) is 11.2. The van der Waals surface area contributed by atoms with Gasteiger partial charge in [0.05, 0.1) is 17.0 Å². The van der Waals surface area contributed by atoms with Crippen molar-refractivity contribution in [2.45, 2.75) is 0 Å². The average Bonchev–Trinajstić information content (AvgIpc) is 3.16. The number of aromatic nitrogens is 3. The maximum Gasteiger partial charge on any atom is 0.320 e. The fraction of sp³-hybridized carbons (Fsp3) is 0.111. The van der Waals surface area contributed by atoms with Crippen LogP contribution in [0.15, 0.2) is 54.9 Å². The number of nitriles is 1. The van der Waals surface area contributed by atoms with Gasteiger partial charge in [0.15, 0.2) is 5.82 Å². The topological polar surface area (TPSA) is 142 Å². The quantitative estimate of drug-likeness (QED) is 0.523. The van der Waals surface area contributed by atoms with Gasteiger partial charge in [0.1, 0.15) is 17.7 Å². The number of rotatable bonds is 7. The zero-order valence-electron chi connectivity index (χ0n) is 15.4. The van der Waals surface area contributed by atoms with E-state index in [-0.39, 0.29) is 29.5 Å². The Balaban J connectivity index is 1.53. The lowest BCUT2D eigenvalue weighted by Crippen LogP contribution is -2.34. The van der Waals surface area contributed by atoms with Crippen molar-refractivity contribution < 1.29 is 17.6 Å². The van der Waals surface area contributed by atoms with Gasteiger partial charge in [0.25, 0.3) is 0 Å². The van der Waals surface area contributed by atoms with Gasteiger partial charge in [-0.2, -0.15) is 5.26 Å². The number of nitrogens with zero attached hydrogens (tertiary/aromatic N) is 4. The molecule has 0 fully saturated rings. The van der Waals surface area contributed by atoms with Crippen LogP contribution in [0.5, 0.6) is 0 Å². The van der Waals surface area contributed by atoms with E-state index in [9.17, 15) is 17.6 Å². The lowest BCUT2D eigenvalue weighted by molar-refractivity contribution is 0.252. The summed E-state index contributed by atoms with van der Waals surface area (Å²) < 4.78 is 40.9. The van der Waals surface area contributed by atoms with Gasteiger partial charge in [-0.1, -0.05) is 6.07 Å². The average molecular weight is 429 g/mol. The molecule has 3 N–H and O–H groups in total. The minimum absolute atomic E-state index is 0.0831. The molecule has 2 aromatic heterocycles. The molecular formula is C18H16FN7O3S. The van der Waals surface area contributed by atoms with Crippen LogP contribution < -0.4 is 15.4 Å². The Kier molecular flexibility index (Phi) is 6.23. The molecule has 0 radical (unpaired) electrons. The summed E-state index contributed by atoms with van der Waals surface area (Å²) in [5.74, 6) is -0.556. The first kappa shape index (κ1) is 20.7. The van der Waals surface area contributed by atoms with Crippen LogP contribution in [0.1, 0.15) is 5.56 Å². The molecule has 0 atom stereocenters. The van der Waals surface area contributed by atoms with E-state index in [4.69, 9.17) is 5.26 Å². The highest BCUT2D eigenvalue weighted by molar-refractivity contribution is 7.92. The number of sulfonamides is 1. The summed E-state index contributed by atoms with van der Waals surface area (Å²) >= 11 is 0. The van der Waals surface area contributed by atoms with E-state index in [1.54, 1.807) is 12.1 Å². The van der Waals surface area contributed by atoms with Gasteiger partial charge in [-0.15, -0.1) is 5.10 Å². The molecule has 3 rings (SSSR count). The largest absolute Gasteiger partial charge is 0.337 e. The normalized spacial score (nSPS) is 10.8. The molecule has 154 valence electrons. The maximum atomic E-state index is 13.3. The third-order valence-corrected chi connectivity index (χ3v) is 5.00. The Bertz CT molecular complexity index is 1190. The Hall–Kier alpha value is -3.98. The summed E-state index contributed by atoms with van der Waals surface area (Å²) in [5, 5.41) is 18.1. The van der Waals surface area contributed by atoms with Crippen LogP contribution in [-0.2, 0) is 10.0 Å². The summed E-state index contributed by atoms with van der Waals surface area (Å²) in [6.45, 7) is -0.148. The summed E-state index contributed by atoms with van der Waals surface area (Å²) in [6.07, 6.45) is 2.94. The van der Waals surface area contributed by atoms with Gasteiger partial charge in [-0.05, 0) is 30.3 Å². The van der Waals surface area contributed by atoms with Crippen molar-refractivity contribution in [2.24, 2.45) is 0 Å². The van der Waals surface area contributed by atoms with Crippen LogP contribution >= 0.6 is 0 Å². The van der Waals surface area contributed by atoms with Gasteiger partial charge < -0.3 is 5.32 Å². The van der Waals surface area contributed by atoms with Crippen LogP contribution in [0.3, 0.4) is 0 Å². The maximum absolute atomic E-state index is 13.3. The minimum atomic E-state index is -3.68. The molecule has 0 unspecified atom stereocenters. The number of nitrogens with one attached hydrogen (secondary N) is 3. The number of carbonyl (C=O) groups excluding carboxylic acids is 1. The highest BCUT2D eigenvalue weighted by Gasteiger charge is 2.13. The fourth-order valence-corrected chi connectivity index (χ4v) is 3.33. The number of anilines is 2. The summed E-state index contributed by atoms with van der Waals surface area (Å²) in [5.41, 5.74) is 0.429. The Morgan fingerprint density at radius 1 is 1.20 bits per heavy atom. The molecule has 1 aromatic carbocycles. The highest BCUT2D eigenvalue weighted by Crippen LogP contribution is 2.16. The van der Waals surface area contributed by atoms with Gasteiger partial charge >= 0.3 is 6.03 Å². The molecule has 0 aliphatic heterocycles. The first-order chi connectivity index (χ1) is 14.4. The van der Waals surface area contributed by atoms with Gasteiger partial charge in [0.2, 0.25) is 10.0 Å². The van der Waals surface area contributed by atoms with Crippen LogP contribution in [0.4, 0.5) is 20.8 Å². The standard InChI is InChI=1S/C18H16FN7O3S/c19-14-4-5-15(13(11-14)12-20)26-9-6-17(24-26)23-18(27)22-8-10-30(28,29)25-16-3-1-2-7-21-16/h1-7,9,11H,8,10H2,(H,21,25)(H2,22,23,24,27). The number of pyridine rings is 1. The van der Waals surface area contributed by atoms with E-state index < -0.39 is 21.9 Å². The molecule has 3 aromatic rings. The smallest absolute Gasteiger partial charge is 0.320 e.